The van der Waals surface area contributed by atoms with Crippen LogP contribution < -0.4 is 11.0 Å². The zero-order chi connectivity index (χ0) is 14.0. The lowest BCUT2D eigenvalue weighted by molar-refractivity contribution is 0.425. The highest BCUT2D eigenvalue weighted by atomic mass is 19.1. The average molecular weight is 262 g/mol. The minimum absolute atomic E-state index is 0.00580. The Morgan fingerprint density at radius 3 is 2.68 bits per heavy atom. The molecule has 0 amide bonds. The van der Waals surface area contributed by atoms with Crippen molar-refractivity contribution in [1.82, 2.24) is 9.78 Å². The molecule has 1 aromatic heterocycles. The fraction of sp³-hybridized carbons (Fsp3) is 0.167. The second-order valence-corrected chi connectivity index (χ2v) is 4.20. The minimum Gasteiger partial charge on any atom is -0.423 e. The Morgan fingerprint density at radius 1 is 1.32 bits per heavy atom. The van der Waals surface area contributed by atoms with Gasteiger partial charge in [-0.2, -0.15) is 5.10 Å². The van der Waals surface area contributed by atoms with Gasteiger partial charge in [0.1, 0.15) is 5.82 Å². The summed E-state index contributed by atoms with van der Waals surface area (Å²) < 4.78 is 14.9. The van der Waals surface area contributed by atoms with Crippen molar-refractivity contribution in [1.29, 1.82) is 0 Å². The van der Waals surface area contributed by atoms with Crippen LogP contribution in [0.1, 0.15) is 11.3 Å². The Hall–Kier alpha value is -1.99. The molecule has 0 bridgehead atoms. The summed E-state index contributed by atoms with van der Waals surface area (Å²) in [6, 6.07) is 6.78. The van der Waals surface area contributed by atoms with E-state index in [-0.39, 0.29) is 23.1 Å². The molecule has 0 aliphatic rings. The topological polar surface area (TPSA) is 75.4 Å². The third-order valence-corrected chi connectivity index (χ3v) is 2.70. The Labute approximate surface area is 109 Å². The third kappa shape index (κ3) is 3.07. The fourth-order valence-electron chi connectivity index (χ4n) is 1.68. The lowest BCUT2D eigenvalue weighted by Crippen LogP contribution is -2.30. The Balaban J connectivity index is 2.33. The van der Waals surface area contributed by atoms with E-state index >= 15 is 0 Å². The maximum Gasteiger partial charge on any atom is 0.488 e. The lowest BCUT2D eigenvalue weighted by Gasteiger charge is -2.08. The van der Waals surface area contributed by atoms with E-state index in [2.05, 4.69) is 5.10 Å². The van der Waals surface area contributed by atoms with Gasteiger partial charge in [0, 0.05) is 11.6 Å². The van der Waals surface area contributed by atoms with Crippen LogP contribution in [0.25, 0.3) is 0 Å². The molecule has 0 aliphatic carbocycles. The van der Waals surface area contributed by atoms with E-state index in [4.69, 9.17) is 10.0 Å². The molecule has 0 aliphatic heterocycles. The first-order valence-electron chi connectivity index (χ1n) is 5.66. The van der Waals surface area contributed by atoms with Crippen LogP contribution in [0, 0.1) is 12.7 Å². The number of hydrogen-bond donors (Lipinski definition) is 2. The van der Waals surface area contributed by atoms with Crippen molar-refractivity contribution in [3.8, 4) is 0 Å². The minimum atomic E-state index is -1.72. The Bertz CT molecular complexity index is 658. The van der Waals surface area contributed by atoms with E-state index in [0.29, 0.717) is 5.69 Å². The first kappa shape index (κ1) is 13.4. The van der Waals surface area contributed by atoms with Crippen molar-refractivity contribution in [2.45, 2.75) is 13.5 Å². The quantitative estimate of drug-likeness (QED) is 0.725. The molecule has 1 heterocycles. The normalized spacial score (nSPS) is 10.5. The van der Waals surface area contributed by atoms with Crippen LogP contribution in [-0.4, -0.2) is 26.9 Å². The molecule has 0 radical (unpaired) electrons. The smallest absolute Gasteiger partial charge is 0.423 e. The van der Waals surface area contributed by atoms with Gasteiger partial charge in [0.05, 0.1) is 12.2 Å². The summed E-state index contributed by atoms with van der Waals surface area (Å²) in [6.45, 7) is 1.73. The molecule has 7 heteroatoms. The number of nitrogens with zero attached hydrogens (tertiary/aromatic N) is 2. The number of benzene rings is 1. The van der Waals surface area contributed by atoms with Gasteiger partial charge in [0.15, 0.2) is 0 Å². The lowest BCUT2D eigenvalue weighted by atomic mass is 9.80. The van der Waals surface area contributed by atoms with E-state index in [0.717, 1.165) is 10.7 Å². The third-order valence-electron chi connectivity index (χ3n) is 2.70. The SMILES string of the molecule is Cc1ccc(=O)n(Cc2ccc(B(O)O)cc2F)n1. The molecule has 2 N–H and O–H groups in total. The molecule has 0 spiro atoms. The average Bonchev–Trinajstić information content (AvgIpc) is 2.36. The van der Waals surface area contributed by atoms with E-state index in [1.54, 1.807) is 13.0 Å². The van der Waals surface area contributed by atoms with Crippen LogP contribution >= 0.6 is 0 Å². The van der Waals surface area contributed by atoms with E-state index in [1.807, 2.05) is 0 Å². The van der Waals surface area contributed by atoms with Crippen LogP contribution in [0.2, 0.25) is 0 Å². The van der Waals surface area contributed by atoms with Crippen LogP contribution in [0.4, 0.5) is 4.39 Å². The molecule has 98 valence electrons. The van der Waals surface area contributed by atoms with Crippen molar-refractivity contribution in [3.05, 3.63) is 57.8 Å². The second-order valence-electron chi connectivity index (χ2n) is 4.20. The molecule has 19 heavy (non-hydrogen) atoms. The van der Waals surface area contributed by atoms with Gasteiger partial charge < -0.3 is 10.0 Å². The Kier molecular flexibility index (Phi) is 3.78. The van der Waals surface area contributed by atoms with E-state index < -0.39 is 12.9 Å². The van der Waals surface area contributed by atoms with Crippen LogP contribution in [-0.2, 0) is 6.54 Å². The largest absolute Gasteiger partial charge is 0.488 e. The molecule has 0 unspecified atom stereocenters. The van der Waals surface area contributed by atoms with Gasteiger partial charge in [0.25, 0.3) is 5.56 Å². The van der Waals surface area contributed by atoms with Crippen LogP contribution in [0.3, 0.4) is 0 Å². The first-order valence-corrected chi connectivity index (χ1v) is 5.66. The molecule has 0 atom stereocenters. The van der Waals surface area contributed by atoms with Gasteiger partial charge in [-0.05, 0) is 24.5 Å². The highest BCUT2D eigenvalue weighted by Crippen LogP contribution is 2.06. The maximum atomic E-state index is 13.8. The number of aryl methyl sites for hydroxylation is 1. The van der Waals surface area contributed by atoms with Gasteiger partial charge in [-0.1, -0.05) is 12.1 Å². The van der Waals surface area contributed by atoms with Crippen molar-refractivity contribution in [2.24, 2.45) is 0 Å². The summed E-state index contributed by atoms with van der Waals surface area (Å²) in [5.74, 6) is -0.610. The molecular formula is C12H12BFN2O3. The number of halogens is 1. The van der Waals surface area contributed by atoms with Crippen molar-refractivity contribution in [2.75, 3.05) is 0 Å². The van der Waals surface area contributed by atoms with E-state index in [9.17, 15) is 9.18 Å². The summed E-state index contributed by atoms with van der Waals surface area (Å²) in [5, 5.41) is 21.9. The molecule has 2 aromatic rings. The number of hydrogen-bond acceptors (Lipinski definition) is 4. The van der Waals surface area contributed by atoms with Gasteiger partial charge in [0.2, 0.25) is 0 Å². The van der Waals surface area contributed by atoms with Crippen LogP contribution in [0.15, 0.2) is 35.1 Å². The van der Waals surface area contributed by atoms with Gasteiger partial charge >= 0.3 is 7.12 Å². The summed E-state index contributed by atoms with van der Waals surface area (Å²) in [7, 11) is -1.72. The predicted molar refractivity (Wildman–Crippen MR) is 68.6 cm³/mol. The molecule has 2 rings (SSSR count). The molecule has 1 aromatic carbocycles. The van der Waals surface area contributed by atoms with Gasteiger partial charge in [-0.3, -0.25) is 4.79 Å². The number of aromatic nitrogens is 2. The van der Waals surface area contributed by atoms with E-state index in [1.165, 1.54) is 18.2 Å². The standard InChI is InChI=1S/C12H12BFN2O3/c1-8-2-5-12(17)16(15-8)7-9-3-4-10(13(18)19)6-11(9)14/h2-6,18-19H,7H2,1H3. The number of rotatable bonds is 3. The van der Waals surface area contributed by atoms with Crippen molar-refractivity contribution < 1.29 is 14.4 Å². The first-order chi connectivity index (χ1) is 8.97. The zero-order valence-corrected chi connectivity index (χ0v) is 10.2. The summed E-state index contributed by atoms with van der Waals surface area (Å²) in [4.78, 5) is 11.6. The highest BCUT2D eigenvalue weighted by Gasteiger charge is 2.14. The van der Waals surface area contributed by atoms with Crippen molar-refractivity contribution >= 4 is 12.6 Å². The molecule has 0 saturated carbocycles. The predicted octanol–water partition coefficient (Wildman–Crippen LogP) is -0.581. The second kappa shape index (κ2) is 5.33. The monoisotopic (exact) mass is 262 g/mol. The Morgan fingerprint density at radius 2 is 2.05 bits per heavy atom. The highest BCUT2D eigenvalue weighted by molar-refractivity contribution is 6.58. The summed E-state index contributed by atoms with van der Waals surface area (Å²) >= 11 is 0. The zero-order valence-electron chi connectivity index (χ0n) is 10.2. The molecule has 5 nitrogen and oxygen atoms in total. The maximum absolute atomic E-state index is 13.8. The summed E-state index contributed by atoms with van der Waals surface area (Å²) in [6.07, 6.45) is 0. The van der Waals surface area contributed by atoms with Gasteiger partial charge in [-0.15, -0.1) is 0 Å². The van der Waals surface area contributed by atoms with Crippen molar-refractivity contribution in [3.63, 3.8) is 0 Å². The van der Waals surface area contributed by atoms with Crippen LogP contribution in [0.5, 0.6) is 0 Å². The molecule has 0 saturated heterocycles. The molecular weight excluding hydrogens is 250 g/mol. The van der Waals surface area contributed by atoms with Gasteiger partial charge in [-0.25, -0.2) is 9.07 Å². The molecule has 0 fully saturated rings. The fourth-order valence-corrected chi connectivity index (χ4v) is 1.68. The summed E-state index contributed by atoms with van der Waals surface area (Å²) in [5.41, 5.74) is 0.647.